The van der Waals surface area contributed by atoms with Gasteiger partial charge in [-0.25, -0.2) is 0 Å². The van der Waals surface area contributed by atoms with Crippen LogP contribution in [-0.2, 0) is 12.7 Å². The van der Waals surface area contributed by atoms with Gasteiger partial charge < -0.3 is 19.1 Å². The average Bonchev–Trinajstić information content (AvgIpc) is 3.32. The van der Waals surface area contributed by atoms with Crippen molar-refractivity contribution in [2.75, 3.05) is 46.4 Å². The van der Waals surface area contributed by atoms with Crippen LogP contribution in [0.4, 0.5) is 13.2 Å². The predicted molar refractivity (Wildman–Crippen MR) is 121 cm³/mol. The van der Waals surface area contributed by atoms with E-state index in [1.165, 1.54) is 12.1 Å². The lowest BCUT2D eigenvalue weighted by Gasteiger charge is -2.34. The molecule has 2 heterocycles. The topological polar surface area (TPSA) is 84.1 Å². The van der Waals surface area contributed by atoms with Crippen molar-refractivity contribution in [2.45, 2.75) is 18.8 Å². The van der Waals surface area contributed by atoms with Gasteiger partial charge in [0, 0.05) is 38.3 Å². The number of hydrogen-bond acceptors (Lipinski definition) is 8. The number of β-amino-alcohol motifs (C(OH)–C–C–N with tert-alkyl or cyclic N) is 1. The first-order chi connectivity index (χ1) is 16.8. The van der Waals surface area contributed by atoms with E-state index in [-0.39, 0.29) is 18.1 Å². The molecule has 0 saturated carbocycles. The highest BCUT2D eigenvalue weighted by Gasteiger charge is 2.31. The third kappa shape index (κ3) is 6.93. The van der Waals surface area contributed by atoms with E-state index in [0.29, 0.717) is 24.7 Å². The molecule has 0 bridgehead atoms. The van der Waals surface area contributed by atoms with Crippen LogP contribution in [0.25, 0.3) is 11.5 Å². The number of methoxy groups -OCH3 is 1. The van der Waals surface area contributed by atoms with Gasteiger partial charge in [-0.3, -0.25) is 9.80 Å². The van der Waals surface area contributed by atoms with Crippen LogP contribution in [0, 0.1) is 0 Å². The van der Waals surface area contributed by atoms with E-state index in [4.69, 9.17) is 14.0 Å². The van der Waals surface area contributed by atoms with Crippen molar-refractivity contribution >= 4 is 0 Å². The smallest absolute Gasteiger partial charge is 0.416 e. The molecule has 0 spiro atoms. The lowest BCUT2D eigenvalue weighted by molar-refractivity contribution is -0.137. The summed E-state index contributed by atoms with van der Waals surface area (Å²) < 4.78 is 54.8. The second-order valence-electron chi connectivity index (χ2n) is 8.31. The third-order valence-corrected chi connectivity index (χ3v) is 5.71. The van der Waals surface area contributed by atoms with Gasteiger partial charge in [0.05, 0.1) is 19.2 Å². The van der Waals surface area contributed by atoms with Gasteiger partial charge in [0.2, 0.25) is 0 Å². The molecule has 0 radical (unpaired) electrons. The van der Waals surface area contributed by atoms with E-state index in [2.05, 4.69) is 19.9 Å². The van der Waals surface area contributed by atoms with E-state index >= 15 is 0 Å². The lowest BCUT2D eigenvalue weighted by atomic mass is 10.1. The van der Waals surface area contributed by atoms with E-state index in [9.17, 15) is 18.3 Å². The number of hydrogen-bond donors (Lipinski definition) is 1. The number of halogens is 3. The van der Waals surface area contributed by atoms with Gasteiger partial charge in [0.1, 0.15) is 24.2 Å². The highest BCUT2D eigenvalue weighted by Crippen LogP contribution is 2.31. The number of aliphatic hydroxyl groups is 1. The molecule has 1 aliphatic rings. The predicted octanol–water partition coefficient (Wildman–Crippen LogP) is 3.32. The van der Waals surface area contributed by atoms with Crippen molar-refractivity contribution in [1.82, 2.24) is 19.9 Å². The molecule has 3 aromatic rings. The molecular weight excluding hydrogens is 465 g/mol. The zero-order valence-corrected chi connectivity index (χ0v) is 19.2. The van der Waals surface area contributed by atoms with Crippen LogP contribution in [0.2, 0.25) is 0 Å². The Balaban J connectivity index is 1.21. The number of aromatic nitrogens is 2. The summed E-state index contributed by atoms with van der Waals surface area (Å²) >= 11 is 0. The first kappa shape index (κ1) is 25.0. The van der Waals surface area contributed by atoms with Gasteiger partial charge in [-0.1, -0.05) is 11.2 Å². The van der Waals surface area contributed by atoms with Crippen molar-refractivity contribution in [2.24, 2.45) is 0 Å². The van der Waals surface area contributed by atoms with Crippen LogP contribution in [0.1, 0.15) is 11.4 Å². The number of nitrogens with zero attached hydrogens (tertiary/aromatic N) is 4. The summed E-state index contributed by atoms with van der Waals surface area (Å²) in [5, 5.41) is 14.3. The minimum Gasteiger partial charge on any atom is -0.497 e. The molecule has 1 aromatic heterocycles. The molecule has 2 aromatic carbocycles. The van der Waals surface area contributed by atoms with Crippen LogP contribution >= 0.6 is 0 Å². The summed E-state index contributed by atoms with van der Waals surface area (Å²) in [5.74, 6) is 1.88. The maximum absolute atomic E-state index is 13.0. The fourth-order valence-corrected chi connectivity index (χ4v) is 3.81. The summed E-state index contributed by atoms with van der Waals surface area (Å²) in [5.41, 5.74) is -0.531. The molecule has 1 saturated heterocycles. The number of aliphatic hydroxyl groups excluding tert-OH is 1. The standard InChI is InChI=1S/C24H27F3N4O4/c1-33-20-5-7-21(8-6-20)34-16-19(32)14-30-9-11-31(12-10-30)15-22-28-23(35-29-22)17-3-2-4-18(13-17)24(25,26)27/h2-8,13,19,32H,9-12,14-16H2,1H3. The van der Waals surface area contributed by atoms with E-state index < -0.39 is 17.8 Å². The Morgan fingerprint density at radius 2 is 1.71 bits per heavy atom. The molecular formula is C24H27F3N4O4. The Labute approximate surface area is 200 Å². The molecule has 8 nitrogen and oxygen atoms in total. The Bertz CT molecular complexity index is 1080. The summed E-state index contributed by atoms with van der Waals surface area (Å²) in [6.45, 7) is 4.08. The summed E-state index contributed by atoms with van der Waals surface area (Å²) in [6.07, 6.45) is -5.07. The monoisotopic (exact) mass is 492 g/mol. The van der Waals surface area contributed by atoms with Gasteiger partial charge in [-0.15, -0.1) is 0 Å². The quantitative estimate of drug-likeness (QED) is 0.487. The van der Waals surface area contributed by atoms with Gasteiger partial charge in [0.15, 0.2) is 5.82 Å². The molecule has 11 heteroatoms. The van der Waals surface area contributed by atoms with E-state index in [1.54, 1.807) is 31.4 Å². The van der Waals surface area contributed by atoms with Crippen LogP contribution in [-0.4, -0.2) is 77.6 Å². The summed E-state index contributed by atoms with van der Waals surface area (Å²) in [6, 6.07) is 12.0. The summed E-state index contributed by atoms with van der Waals surface area (Å²) in [7, 11) is 1.60. The Morgan fingerprint density at radius 1 is 1.03 bits per heavy atom. The highest BCUT2D eigenvalue weighted by atomic mass is 19.4. The van der Waals surface area contributed by atoms with Crippen molar-refractivity contribution in [1.29, 1.82) is 0 Å². The zero-order chi connectivity index (χ0) is 24.8. The highest BCUT2D eigenvalue weighted by molar-refractivity contribution is 5.54. The first-order valence-electron chi connectivity index (χ1n) is 11.2. The molecule has 1 aliphatic heterocycles. The molecule has 35 heavy (non-hydrogen) atoms. The van der Waals surface area contributed by atoms with E-state index in [0.717, 1.165) is 44.1 Å². The van der Waals surface area contributed by atoms with Crippen molar-refractivity contribution < 1.29 is 32.3 Å². The maximum Gasteiger partial charge on any atom is 0.416 e. The largest absolute Gasteiger partial charge is 0.497 e. The Kier molecular flexibility index (Phi) is 7.89. The zero-order valence-electron chi connectivity index (χ0n) is 19.2. The minimum atomic E-state index is -4.44. The number of rotatable bonds is 9. The Hall–Kier alpha value is -3.15. The summed E-state index contributed by atoms with van der Waals surface area (Å²) in [4.78, 5) is 8.56. The maximum atomic E-state index is 13.0. The van der Waals surface area contributed by atoms with Crippen molar-refractivity contribution in [3.05, 3.63) is 59.9 Å². The van der Waals surface area contributed by atoms with Crippen molar-refractivity contribution in [3.63, 3.8) is 0 Å². The van der Waals surface area contributed by atoms with Crippen molar-refractivity contribution in [3.8, 4) is 23.0 Å². The van der Waals surface area contributed by atoms with Gasteiger partial charge in [0.25, 0.3) is 5.89 Å². The van der Waals surface area contributed by atoms with Crippen LogP contribution in [0.5, 0.6) is 11.5 Å². The minimum absolute atomic E-state index is 0.0599. The SMILES string of the molecule is COc1ccc(OCC(O)CN2CCN(Cc3noc(-c4cccc(C(F)(F)F)c4)n3)CC2)cc1. The van der Waals surface area contributed by atoms with Crippen LogP contribution in [0.15, 0.2) is 53.1 Å². The van der Waals surface area contributed by atoms with Crippen LogP contribution in [0.3, 0.4) is 0 Å². The van der Waals surface area contributed by atoms with Gasteiger partial charge >= 0.3 is 6.18 Å². The normalized spacial score (nSPS) is 16.3. The van der Waals surface area contributed by atoms with Crippen LogP contribution < -0.4 is 9.47 Å². The first-order valence-corrected chi connectivity index (χ1v) is 11.2. The van der Waals surface area contributed by atoms with E-state index in [1.807, 2.05) is 0 Å². The third-order valence-electron chi connectivity index (χ3n) is 5.71. The second kappa shape index (κ2) is 11.1. The molecule has 1 atom stereocenters. The molecule has 0 amide bonds. The average molecular weight is 492 g/mol. The lowest BCUT2D eigenvalue weighted by Crippen LogP contribution is -2.48. The number of ether oxygens (including phenoxy) is 2. The Morgan fingerprint density at radius 3 is 2.40 bits per heavy atom. The molecule has 4 rings (SSSR count). The van der Waals surface area contributed by atoms with Gasteiger partial charge in [-0.05, 0) is 42.5 Å². The number of benzene rings is 2. The van der Waals surface area contributed by atoms with Gasteiger partial charge in [-0.2, -0.15) is 18.2 Å². The molecule has 0 aliphatic carbocycles. The molecule has 188 valence electrons. The number of piperazine rings is 1. The number of alkyl halides is 3. The fourth-order valence-electron chi connectivity index (χ4n) is 3.81. The molecule has 1 N–H and O–H groups in total. The molecule has 1 fully saturated rings. The second-order valence-corrected chi connectivity index (χ2v) is 8.31. The fraction of sp³-hybridized carbons (Fsp3) is 0.417. The molecule has 1 unspecified atom stereocenters.